The van der Waals surface area contributed by atoms with Crippen molar-refractivity contribution in [3.63, 3.8) is 0 Å². The fourth-order valence-corrected chi connectivity index (χ4v) is 2.24. The molecule has 5 nitrogen and oxygen atoms in total. The molecule has 0 saturated heterocycles. The van der Waals surface area contributed by atoms with Crippen LogP contribution in [0.25, 0.3) is 0 Å². The predicted octanol–water partition coefficient (Wildman–Crippen LogP) is 3.80. The van der Waals surface area contributed by atoms with E-state index in [1.54, 1.807) is 19.9 Å². The lowest BCUT2D eigenvalue weighted by Crippen LogP contribution is -2.27. The van der Waals surface area contributed by atoms with Crippen LogP contribution in [-0.4, -0.2) is 18.4 Å². The van der Waals surface area contributed by atoms with Crippen LogP contribution in [0.2, 0.25) is 0 Å². The van der Waals surface area contributed by atoms with Crippen molar-refractivity contribution in [3.8, 4) is 0 Å². The van der Waals surface area contributed by atoms with Crippen LogP contribution < -0.4 is 16.4 Å². The van der Waals surface area contributed by atoms with E-state index in [-0.39, 0.29) is 23.7 Å². The molecule has 0 radical (unpaired) electrons. The summed E-state index contributed by atoms with van der Waals surface area (Å²) in [6.07, 6.45) is -4.50. The number of alkyl halides is 3. The summed E-state index contributed by atoms with van der Waals surface area (Å²) in [6.45, 7) is 3.62. The summed E-state index contributed by atoms with van der Waals surface area (Å²) in [5, 5.41) is 5.13. The van der Waals surface area contributed by atoms with Crippen LogP contribution in [0.3, 0.4) is 0 Å². The Labute approximate surface area is 154 Å². The van der Waals surface area contributed by atoms with Crippen LogP contribution in [0, 0.1) is 12.8 Å². The topological polar surface area (TPSA) is 84.2 Å². The smallest absolute Gasteiger partial charge is 0.330 e. The Kier molecular flexibility index (Phi) is 6.22. The highest BCUT2D eigenvalue weighted by atomic mass is 19.4. The molecule has 0 spiro atoms. The number of nitrogens with two attached hydrogens (primary N) is 1. The van der Waals surface area contributed by atoms with Gasteiger partial charge in [-0.2, -0.15) is 13.2 Å². The van der Waals surface area contributed by atoms with Gasteiger partial charge in [-0.3, -0.25) is 9.59 Å². The van der Waals surface area contributed by atoms with E-state index in [4.69, 9.17) is 5.73 Å². The van der Waals surface area contributed by atoms with Gasteiger partial charge in [0.2, 0.25) is 5.91 Å². The van der Waals surface area contributed by atoms with Gasteiger partial charge in [0.05, 0.1) is 5.56 Å². The van der Waals surface area contributed by atoms with E-state index in [9.17, 15) is 22.8 Å². The van der Waals surface area contributed by atoms with E-state index in [0.29, 0.717) is 5.69 Å². The SMILES string of the molecule is Cc1ccc(C(=O)Nc2cccc(C(F)(F)F)c2)cc1NC(=O)C(C)CN. The zero-order chi connectivity index (χ0) is 20.2. The highest BCUT2D eigenvalue weighted by molar-refractivity contribution is 6.05. The first kappa shape index (κ1) is 20.4. The fourth-order valence-electron chi connectivity index (χ4n) is 2.24. The first-order chi connectivity index (χ1) is 12.6. The fraction of sp³-hybridized carbons (Fsp3) is 0.263. The number of benzene rings is 2. The molecule has 0 bridgehead atoms. The minimum absolute atomic E-state index is 0.0257. The molecule has 2 aromatic carbocycles. The largest absolute Gasteiger partial charge is 0.416 e. The van der Waals surface area contributed by atoms with Gasteiger partial charge in [-0.15, -0.1) is 0 Å². The molecule has 0 fully saturated rings. The first-order valence-corrected chi connectivity index (χ1v) is 8.22. The molecule has 0 aliphatic rings. The Morgan fingerprint density at radius 2 is 1.81 bits per heavy atom. The zero-order valence-electron chi connectivity index (χ0n) is 14.9. The van der Waals surface area contributed by atoms with E-state index in [0.717, 1.165) is 17.7 Å². The molecule has 27 heavy (non-hydrogen) atoms. The quantitative estimate of drug-likeness (QED) is 0.739. The molecule has 0 heterocycles. The third kappa shape index (κ3) is 5.30. The van der Waals surface area contributed by atoms with E-state index in [2.05, 4.69) is 10.6 Å². The maximum absolute atomic E-state index is 12.8. The summed E-state index contributed by atoms with van der Waals surface area (Å²) in [4.78, 5) is 24.4. The normalized spacial score (nSPS) is 12.4. The third-order valence-corrected chi connectivity index (χ3v) is 4.01. The summed E-state index contributed by atoms with van der Waals surface area (Å²) in [5.74, 6) is -1.26. The second-order valence-electron chi connectivity index (χ2n) is 6.19. The summed E-state index contributed by atoms with van der Waals surface area (Å²) < 4.78 is 38.3. The van der Waals surface area contributed by atoms with Gasteiger partial charge in [-0.1, -0.05) is 19.1 Å². The van der Waals surface area contributed by atoms with Gasteiger partial charge in [-0.25, -0.2) is 0 Å². The highest BCUT2D eigenvalue weighted by Gasteiger charge is 2.30. The molecular formula is C19H20F3N3O2. The molecule has 0 aliphatic carbocycles. The molecule has 2 rings (SSSR count). The van der Waals surface area contributed by atoms with Gasteiger partial charge >= 0.3 is 6.18 Å². The summed E-state index contributed by atoms with van der Waals surface area (Å²) in [7, 11) is 0. The van der Waals surface area contributed by atoms with Crippen molar-refractivity contribution < 1.29 is 22.8 Å². The van der Waals surface area contributed by atoms with Crippen LogP contribution in [0.1, 0.15) is 28.4 Å². The van der Waals surface area contributed by atoms with Gasteiger partial charge in [0, 0.05) is 29.4 Å². The van der Waals surface area contributed by atoms with Gasteiger partial charge < -0.3 is 16.4 Å². The van der Waals surface area contributed by atoms with E-state index in [1.807, 2.05) is 0 Å². The Balaban J connectivity index is 2.20. The maximum Gasteiger partial charge on any atom is 0.416 e. The number of anilines is 2. The molecule has 8 heteroatoms. The Bertz CT molecular complexity index is 850. The minimum atomic E-state index is -4.50. The molecule has 2 aromatic rings. The molecule has 2 amide bonds. The van der Waals surface area contributed by atoms with Crippen LogP contribution in [0.15, 0.2) is 42.5 Å². The zero-order valence-corrected chi connectivity index (χ0v) is 14.9. The first-order valence-electron chi connectivity index (χ1n) is 8.22. The van der Waals surface area contributed by atoms with E-state index in [1.165, 1.54) is 24.3 Å². The number of aryl methyl sites for hydroxylation is 1. The molecule has 1 unspecified atom stereocenters. The molecule has 0 aromatic heterocycles. The lowest BCUT2D eigenvalue weighted by atomic mass is 10.1. The van der Waals surface area contributed by atoms with Crippen molar-refractivity contribution in [3.05, 3.63) is 59.2 Å². The molecule has 144 valence electrons. The Morgan fingerprint density at radius 1 is 1.11 bits per heavy atom. The van der Waals surface area contributed by atoms with E-state index >= 15 is 0 Å². The average Bonchev–Trinajstić information content (AvgIpc) is 2.62. The number of hydrogen-bond donors (Lipinski definition) is 3. The van der Waals surface area contributed by atoms with Gasteiger partial charge in [0.15, 0.2) is 0 Å². The van der Waals surface area contributed by atoms with Gasteiger partial charge in [0.1, 0.15) is 0 Å². The number of carbonyl (C=O) groups is 2. The van der Waals surface area contributed by atoms with Gasteiger partial charge in [0.25, 0.3) is 5.91 Å². The number of amides is 2. The molecular weight excluding hydrogens is 359 g/mol. The summed E-state index contributed by atoms with van der Waals surface area (Å²) >= 11 is 0. The number of hydrogen-bond acceptors (Lipinski definition) is 3. The lowest BCUT2D eigenvalue weighted by molar-refractivity contribution is -0.137. The standard InChI is InChI=1S/C19H20F3N3O2/c1-11-6-7-13(8-16(11)25-17(26)12(2)10-23)18(27)24-15-5-3-4-14(9-15)19(20,21)22/h3-9,12H,10,23H2,1-2H3,(H,24,27)(H,25,26). The van der Waals surface area contributed by atoms with E-state index < -0.39 is 23.6 Å². The molecule has 4 N–H and O–H groups in total. The summed E-state index contributed by atoms with van der Waals surface area (Å²) in [6, 6.07) is 9.01. The second-order valence-corrected chi connectivity index (χ2v) is 6.19. The van der Waals surface area contributed by atoms with Crippen molar-refractivity contribution >= 4 is 23.2 Å². The minimum Gasteiger partial charge on any atom is -0.330 e. The van der Waals surface area contributed by atoms with Crippen LogP contribution in [0.5, 0.6) is 0 Å². The maximum atomic E-state index is 12.8. The average molecular weight is 379 g/mol. The number of halogens is 3. The van der Waals surface area contributed by atoms with Crippen molar-refractivity contribution in [1.29, 1.82) is 0 Å². The van der Waals surface area contributed by atoms with Crippen LogP contribution in [-0.2, 0) is 11.0 Å². The molecule has 0 saturated carbocycles. The monoisotopic (exact) mass is 379 g/mol. The molecule has 1 atom stereocenters. The van der Waals surface area contributed by atoms with Crippen molar-refractivity contribution in [2.45, 2.75) is 20.0 Å². The number of rotatable bonds is 5. The lowest BCUT2D eigenvalue weighted by Gasteiger charge is -2.14. The van der Waals surface area contributed by atoms with Crippen molar-refractivity contribution in [1.82, 2.24) is 0 Å². The Morgan fingerprint density at radius 3 is 2.44 bits per heavy atom. The van der Waals surface area contributed by atoms with Crippen LogP contribution >= 0.6 is 0 Å². The second kappa shape index (κ2) is 8.22. The van der Waals surface area contributed by atoms with Crippen molar-refractivity contribution in [2.24, 2.45) is 11.7 Å². The van der Waals surface area contributed by atoms with Crippen molar-refractivity contribution in [2.75, 3.05) is 17.2 Å². The Hall–Kier alpha value is -2.87. The highest BCUT2D eigenvalue weighted by Crippen LogP contribution is 2.30. The summed E-state index contributed by atoms with van der Waals surface area (Å²) in [5.41, 5.74) is 6.02. The third-order valence-electron chi connectivity index (χ3n) is 4.01. The predicted molar refractivity (Wildman–Crippen MR) is 97.4 cm³/mol. The number of nitrogens with one attached hydrogen (secondary N) is 2. The van der Waals surface area contributed by atoms with Gasteiger partial charge in [-0.05, 0) is 42.8 Å². The van der Waals surface area contributed by atoms with Crippen LogP contribution in [0.4, 0.5) is 24.5 Å². The number of carbonyl (C=O) groups excluding carboxylic acids is 2. The molecule has 0 aliphatic heterocycles.